The molecule has 1 amide bonds. The first-order chi connectivity index (χ1) is 10.4. The lowest BCUT2D eigenvalue weighted by molar-refractivity contribution is -0.137. The van der Waals surface area contributed by atoms with E-state index in [4.69, 9.17) is 0 Å². The predicted octanol–water partition coefficient (Wildman–Crippen LogP) is 3.48. The second-order valence-corrected chi connectivity index (χ2v) is 5.45. The molecule has 1 aromatic heterocycles. The fraction of sp³-hybridized carbons (Fsp3) is 0.188. The molecule has 0 aliphatic rings. The second kappa shape index (κ2) is 7.14. The van der Waals surface area contributed by atoms with Gasteiger partial charge in [0.1, 0.15) is 0 Å². The quantitative estimate of drug-likeness (QED) is 0.861. The number of hydrogen-bond acceptors (Lipinski definition) is 2. The summed E-state index contributed by atoms with van der Waals surface area (Å²) in [5.74, 6) is 5.09. The summed E-state index contributed by atoms with van der Waals surface area (Å²) < 4.78 is 37.6. The molecular weight excluding hydrogens is 311 g/mol. The molecule has 0 saturated carbocycles. The number of thiophene rings is 1. The number of rotatable bonds is 3. The lowest BCUT2D eigenvalue weighted by atomic mass is 10.1. The summed E-state index contributed by atoms with van der Waals surface area (Å²) >= 11 is 1.49. The van der Waals surface area contributed by atoms with Crippen LogP contribution in [0.25, 0.3) is 0 Å². The van der Waals surface area contributed by atoms with Crippen LogP contribution in [0.2, 0.25) is 0 Å². The Labute approximate surface area is 130 Å². The van der Waals surface area contributed by atoms with E-state index in [-0.39, 0.29) is 24.4 Å². The minimum absolute atomic E-state index is 0.0977. The molecule has 22 heavy (non-hydrogen) atoms. The number of carbonyl (C=O) groups is 1. The first kappa shape index (κ1) is 16.1. The van der Waals surface area contributed by atoms with Crippen molar-refractivity contribution in [2.75, 3.05) is 6.54 Å². The largest absolute Gasteiger partial charge is 0.416 e. The molecule has 2 rings (SSSR count). The highest BCUT2D eigenvalue weighted by atomic mass is 32.1. The maximum Gasteiger partial charge on any atom is 0.416 e. The monoisotopic (exact) mass is 323 g/mol. The van der Waals surface area contributed by atoms with Gasteiger partial charge in [0.15, 0.2) is 0 Å². The minimum atomic E-state index is -4.38. The molecule has 0 fully saturated rings. The number of hydrogen-bond donors (Lipinski definition) is 1. The Morgan fingerprint density at radius 3 is 2.73 bits per heavy atom. The van der Waals surface area contributed by atoms with Gasteiger partial charge in [-0.25, -0.2) is 0 Å². The van der Waals surface area contributed by atoms with Crippen molar-refractivity contribution in [2.24, 2.45) is 0 Å². The smallest absolute Gasteiger partial charge is 0.345 e. The molecule has 0 radical (unpaired) electrons. The summed E-state index contributed by atoms with van der Waals surface area (Å²) in [6.45, 7) is 0.0977. The zero-order valence-electron chi connectivity index (χ0n) is 11.4. The normalized spacial score (nSPS) is 10.7. The molecule has 2 aromatic rings. The standard InChI is InChI=1S/C16H12F3NOS/c17-16(18,19)13-6-1-4-12(10-13)5-2-8-20-15(21)11-14-7-3-9-22-14/h1,3-4,6-7,9-10H,8,11H2,(H,20,21). The molecule has 0 bridgehead atoms. The zero-order chi connectivity index (χ0) is 16.0. The first-order valence-corrected chi connectivity index (χ1v) is 7.28. The summed E-state index contributed by atoms with van der Waals surface area (Å²) in [6, 6.07) is 8.51. The number of carbonyl (C=O) groups excluding carboxylic acids is 1. The lowest BCUT2D eigenvalue weighted by Crippen LogP contribution is -2.24. The minimum Gasteiger partial charge on any atom is -0.345 e. The maximum atomic E-state index is 12.5. The molecule has 2 nitrogen and oxygen atoms in total. The fourth-order valence-electron chi connectivity index (χ4n) is 1.70. The summed E-state index contributed by atoms with van der Waals surface area (Å²) in [6.07, 6.45) is -4.10. The number of amides is 1. The van der Waals surface area contributed by atoms with Crippen molar-refractivity contribution in [1.29, 1.82) is 0 Å². The van der Waals surface area contributed by atoms with E-state index in [9.17, 15) is 18.0 Å². The Balaban J connectivity index is 1.87. The molecular formula is C16H12F3NOS. The van der Waals surface area contributed by atoms with Gasteiger partial charge in [-0.1, -0.05) is 24.0 Å². The van der Waals surface area contributed by atoms with Crippen LogP contribution in [0.4, 0.5) is 13.2 Å². The number of nitrogens with one attached hydrogen (secondary N) is 1. The molecule has 0 unspecified atom stereocenters. The fourth-order valence-corrected chi connectivity index (χ4v) is 2.40. The average Bonchev–Trinajstić information content (AvgIpc) is 2.96. The maximum absolute atomic E-state index is 12.5. The van der Waals surface area contributed by atoms with E-state index in [1.54, 1.807) is 0 Å². The van der Waals surface area contributed by atoms with E-state index in [2.05, 4.69) is 17.2 Å². The highest BCUT2D eigenvalue weighted by Gasteiger charge is 2.30. The summed E-state index contributed by atoms with van der Waals surface area (Å²) in [5.41, 5.74) is -0.469. The summed E-state index contributed by atoms with van der Waals surface area (Å²) in [4.78, 5) is 12.5. The van der Waals surface area contributed by atoms with Crippen molar-refractivity contribution in [2.45, 2.75) is 12.6 Å². The van der Waals surface area contributed by atoms with Gasteiger partial charge in [-0.2, -0.15) is 13.2 Å². The van der Waals surface area contributed by atoms with E-state index >= 15 is 0 Å². The molecule has 1 heterocycles. The van der Waals surface area contributed by atoms with E-state index < -0.39 is 11.7 Å². The average molecular weight is 323 g/mol. The molecule has 0 atom stereocenters. The lowest BCUT2D eigenvalue weighted by Gasteiger charge is -2.05. The van der Waals surface area contributed by atoms with Crippen LogP contribution < -0.4 is 5.32 Å². The molecule has 1 N–H and O–H groups in total. The predicted molar refractivity (Wildman–Crippen MR) is 79.4 cm³/mol. The van der Waals surface area contributed by atoms with Gasteiger partial charge in [0.05, 0.1) is 18.5 Å². The Hall–Kier alpha value is -2.26. The van der Waals surface area contributed by atoms with Crippen LogP contribution >= 0.6 is 11.3 Å². The number of benzene rings is 1. The Bertz CT molecular complexity index is 696. The van der Waals surface area contributed by atoms with Crippen LogP contribution in [-0.4, -0.2) is 12.5 Å². The highest BCUT2D eigenvalue weighted by molar-refractivity contribution is 7.10. The molecule has 0 saturated heterocycles. The Morgan fingerprint density at radius 1 is 1.23 bits per heavy atom. The van der Waals surface area contributed by atoms with Gasteiger partial charge in [-0.3, -0.25) is 4.79 Å². The van der Waals surface area contributed by atoms with Crippen molar-refractivity contribution in [3.63, 3.8) is 0 Å². The second-order valence-electron chi connectivity index (χ2n) is 4.41. The van der Waals surface area contributed by atoms with Crippen LogP contribution in [0.1, 0.15) is 16.0 Å². The van der Waals surface area contributed by atoms with Crippen molar-refractivity contribution < 1.29 is 18.0 Å². The van der Waals surface area contributed by atoms with Gasteiger partial charge in [0.2, 0.25) is 5.91 Å². The molecule has 0 aliphatic heterocycles. The Kier molecular flexibility index (Phi) is 5.23. The molecule has 0 spiro atoms. The van der Waals surface area contributed by atoms with Gasteiger partial charge in [0, 0.05) is 10.4 Å². The molecule has 1 aromatic carbocycles. The van der Waals surface area contributed by atoms with Crippen molar-refractivity contribution in [1.82, 2.24) is 5.32 Å². The van der Waals surface area contributed by atoms with Crippen LogP contribution in [0, 0.1) is 11.8 Å². The third-order valence-electron chi connectivity index (χ3n) is 2.71. The van der Waals surface area contributed by atoms with Crippen LogP contribution in [-0.2, 0) is 17.4 Å². The van der Waals surface area contributed by atoms with E-state index in [1.807, 2.05) is 17.5 Å². The van der Waals surface area contributed by atoms with Crippen molar-refractivity contribution in [3.8, 4) is 11.8 Å². The third-order valence-corrected chi connectivity index (χ3v) is 3.59. The third kappa shape index (κ3) is 4.93. The number of halogens is 3. The molecule has 6 heteroatoms. The van der Waals surface area contributed by atoms with E-state index in [0.717, 1.165) is 17.0 Å². The highest BCUT2D eigenvalue weighted by Crippen LogP contribution is 2.29. The topological polar surface area (TPSA) is 29.1 Å². The molecule has 0 aliphatic carbocycles. The van der Waals surface area contributed by atoms with Crippen LogP contribution in [0.3, 0.4) is 0 Å². The van der Waals surface area contributed by atoms with Gasteiger partial charge >= 0.3 is 6.18 Å². The van der Waals surface area contributed by atoms with Gasteiger partial charge in [-0.15, -0.1) is 11.3 Å². The van der Waals surface area contributed by atoms with E-state index in [0.29, 0.717) is 0 Å². The first-order valence-electron chi connectivity index (χ1n) is 6.40. The molecule has 114 valence electrons. The Morgan fingerprint density at radius 2 is 2.05 bits per heavy atom. The SMILES string of the molecule is O=C(Cc1cccs1)NCC#Cc1cccc(C(F)(F)F)c1. The summed E-state index contributed by atoms with van der Waals surface area (Å²) in [5, 5.41) is 4.49. The van der Waals surface area contributed by atoms with Gasteiger partial charge in [0.25, 0.3) is 0 Å². The van der Waals surface area contributed by atoms with Gasteiger partial charge < -0.3 is 5.32 Å². The van der Waals surface area contributed by atoms with Gasteiger partial charge in [-0.05, 0) is 29.6 Å². The van der Waals surface area contributed by atoms with E-state index in [1.165, 1.54) is 23.5 Å². The van der Waals surface area contributed by atoms with Crippen LogP contribution in [0.15, 0.2) is 41.8 Å². The van der Waals surface area contributed by atoms with Crippen molar-refractivity contribution in [3.05, 3.63) is 57.8 Å². The zero-order valence-corrected chi connectivity index (χ0v) is 12.2. The van der Waals surface area contributed by atoms with Crippen molar-refractivity contribution >= 4 is 17.2 Å². The number of alkyl halides is 3. The summed E-state index contributed by atoms with van der Waals surface area (Å²) in [7, 11) is 0. The van der Waals surface area contributed by atoms with Crippen LogP contribution in [0.5, 0.6) is 0 Å².